The minimum atomic E-state index is -0.343. The molecule has 1 aromatic carbocycles. The Morgan fingerprint density at radius 3 is 0.835 bits per heavy atom. The lowest BCUT2D eigenvalue weighted by Gasteiger charge is -2.01. The van der Waals surface area contributed by atoms with Crippen LogP contribution in [0.1, 0.15) is 6.92 Å². The minimum absolute atomic E-state index is 0.343. The molecule has 3 aromatic rings. The molecular weight excluding hydrogens is 962 g/mol. The third kappa shape index (κ3) is 36.8. The van der Waals surface area contributed by atoms with Crippen LogP contribution in [-0.2, 0) is 0 Å². The van der Waals surface area contributed by atoms with Gasteiger partial charge >= 0.3 is 0 Å². The van der Waals surface area contributed by atoms with Crippen molar-refractivity contribution >= 4 is 11.0 Å². The van der Waals surface area contributed by atoms with E-state index in [1.165, 1.54) is 12.3 Å². The van der Waals surface area contributed by atoms with Gasteiger partial charge in [0.1, 0.15) is 5.82 Å². The Morgan fingerprint density at radius 2 is 0.595 bits per heavy atom. The fraction of sp³-hybridized carbons (Fsp3) is 0.0133. The van der Waals surface area contributed by atoms with Gasteiger partial charge in [-0.05, 0) is 114 Å². The molecule has 0 spiro atoms. The lowest BCUT2D eigenvalue weighted by Crippen LogP contribution is -1.84. The number of aromatic amines is 1. The maximum absolute atomic E-state index is 13.1. The first-order valence-corrected chi connectivity index (χ1v) is 20.7. The van der Waals surface area contributed by atoms with E-state index in [2.05, 4.69) is 376 Å². The summed E-state index contributed by atoms with van der Waals surface area (Å²) in [5.74, 6) is 152. The molecule has 0 fully saturated rings. The Labute approximate surface area is 462 Å². The summed E-state index contributed by atoms with van der Waals surface area (Å²) < 4.78 is 13.1. The van der Waals surface area contributed by atoms with Crippen LogP contribution < -0.4 is 0 Å². The maximum Gasteiger partial charge on any atom is 0.142 e. The SMILES string of the molecule is C#CC#CC#CC#CC#CC#CC#CC#CC#CC#CC#CC#CC#CC#CC#CC#CC#CC#CC#CC#CC#CC#CC#CC#CC#CC#CC#CC#CC#CC#CC#CC.Fc1cncc(-c2cccc3[nH]cnc23)c1. The van der Waals surface area contributed by atoms with Crippen LogP contribution in [0.2, 0.25) is 0 Å². The smallest absolute Gasteiger partial charge is 0.142 e. The molecule has 2 heterocycles. The second-order valence-electron chi connectivity index (χ2n) is 11.3. The van der Waals surface area contributed by atoms with E-state index in [1.54, 1.807) is 19.4 Å². The molecule has 0 amide bonds. The molecule has 79 heavy (non-hydrogen) atoms. The summed E-state index contributed by atoms with van der Waals surface area (Å²) in [6, 6.07) is 7.19. The van der Waals surface area contributed by atoms with Gasteiger partial charge in [0.2, 0.25) is 0 Å². The van der Waals surface area contributed by atoms with E-state index in [9.17, 15) is 4.39 Å². The zero-order valence-corrected chi connectivity index (χ0v) is 40.4. The monoisotopic (exact) mass is 973 g/mol. The fourth-order valence-electron chi connectivity index (χ4n) is 3.64. The van der Waals surface area contributed by atoms with E-state index in [0.29, 0.717) is 0 Å². The number of pyridine rings is 1. The number of hydrogen-bond acceptors (Lipinski definition) is 2. The number of rotatable bonds is 1. The van der Waals surface area contributed by atoms with Crippen molar-refractivity contribution in [3.63, 3.8) is 0 Å². The van der Waals surface area contributed by atoms with E-state index in [1.807, 2.05) is 18.2 Å². The van der Waals surface area contributed by atoms with Crippen molar-refractivity contribution in [2.45, 2.75) is 6.92 Å². The van der Waals surface area contributed by atoms with Gasteiger partial charge in [0.05, 0.1) is 23.6 Å². The van der Waals surface area contributed by atoms with Gasteiger partial charge in [-0.2, -0.15) is 0 Å². The van der Waals surface area contributed by atoms with Crippen molar-refractivity contribution in [2.75, 3.05) is 0 Å². The van der Waals surface area contributed by atoms with Gasteiger partial charge in [0.15, 0.2) is 0 Å². The molecule has 0 aliphatic rings. The Bertz CT molecular complexity index is 5140. The normalized spacial score (nSPS) is 5.33. The fourth-order valence-corrected chi connectivity index (χ4v) is 3.64. The average molecular weight is 974 g/mol. The number of para-hydroxylation sites is 1. The van der Waals surface area contributed by atoms with Crippen molar-refractivity contribution in [3.05, 3.63) is 48.8 Å². The number of nitrogens with zero attached hydrogens (tertiary/aromatic N) is 2. The molecule has 0 saturated heterocycles. The molecule has 0 saturated carbocycles. The Hall–Kier alpha value is -15.9. The van der Waals surface area contributed by atoms with Crippen molar-refractivity contribution in [3.8, 4) is 379 Å². The molecule has 0 aliphatic heterocycles. The van der Waals surface area contributed by atoms with Crippen LogP contribution in [-0.4, -0.2) is 15.0 Å². The second kappa shape index (κ2) is 47.2. The van der Waals surface area contributed by atoms with Crippen molar-refractivity contribution in [1.82, 2.24) is 15.0 Å². The second-order valence-corrected chi connectivity index (χ2v) is 11.3. The van der Waals surface area contributed by atoms with Gasteiger partial charge in [-0.1, -0.05) is 18.1 Å². The molecule has 0 bridgehead atoms. The van der Waals surface area contributed by atoms with Gasteiger partial charge in [0, 0.05) is 278 Å². The predicted molar refractivity (Wildman–Crippen MR) is 307 cm³/mol. The molecule has 0 unspecified atom stereocenters. The number of H-pyrrole nitrogens is 1. The van der Waals surface area contributed by atoms with Crippen molar-refractivity contribution in [1.29, 1.82) is 0 Å². The van der Waals surface area contributed by atoms with Crippen LogP contribution in [0.25, 0.3) is 22.2 Å². The summed E-state index contributed by atoms with van der Waals surface area (Å²) >= 11 is 0. The lowest BCUT2D eigenvalue weighted by molar-refractivity contribution is 0.622. The summed E-state index contributed by atoms with van der Waals surface area (Å²) in [7, 11) is 0. The van der Waals surface area contributed by atoms with Crippen LogP contribution in [0.4, 0.5) is 4.39 Å². The summed E-state index contributed by atoms with van der Waals surface area (Å²) in [5, 5.41) is 0. The maximum atomic E-state index is 13.1. The standard InChI is InChI=1S/C63H4.C12H8FN3/c1-3-5-7-9-11-13-15-17-19-21-23-25-27-29-31-33-35-37-39-41-43-45-47-49-51-53-55-57-59-61-63-62-60-58-56-54-52-50-48-46-44-42-40-38-36-34-32-30-28-26-24-22-20-18-16-14-12-10-8-6-4-2;13-9-4-8(5-14-6-9)10-2-1-3-11-12(10)16-7-15-11/h1H,2H3;1-7H,(H,15,16). The zero-order chi connectivity index (χ0) is 56.1. The molecule has 0 atom stereocenters. The summed E-state index contributed by atoms with van der Waals surface area (Å²) in [4.78, 5) is 11.1. The van der Waals surface area contributed by atoms with Crippen LogP contribution in [0.15, 0.2) is 43.0 Å². The van der Waals surface area contributed by atoms with Gasteiger partial charge < -0.3 is 4.98 Å². The highest BCUT2D eigenvalue weighted by atomic mass is 19.1. The van der Waals surface area contributed by atoms with Gasteiger partial charge in [0.25, 0.3) is 0 Å². The molecule has 0 radical (unpaired) electrons. The number of terminal acetylenes is 1. The summed E-state index contributed by atoms with van der Waals surface area (Å²) in [6.07, 6.45) is 9.39. The van der Waals surface area contributed by atoms with E-state index in [4.69, 9.17) is 6.42 Å². The molecular formula is C75H12FN3. The zero-order valence-electron chi connectivity index (χ0n) is 40.4. The molecule has 0 aliphatic carbocycles. The number of hydrogen-bond donors (Lipinski definition) is 1. The van der Waals surface area contributed by atoms with E-state index < -0.39 is 0 Å². The first-order valence-electron chi connectivity index (χ1n) is 20.7. The van der Waals surface area contributed by atoms with Crippen LogP contribution in [0.3, 0.4) is 0 Å². The van der Waals surface area contributed by atoms with E-state index in [0.717, 1.165) is 22.2 Å². The van der Waals surface area contributed by atoms with E-state index in [-0.39, 0.29) is 5.82 Å². The summed E-state index contributed by atoms with van der Waals surface area (Å²) in [5.41, 5.74) is 3.38. The number of imidazole rings is 1. The van der Waals surface area contributed by atoms with Crippen LogP contribution in [0.5, 0.6) is 0 Å². The van der Waals surface area contributed by atoms with Gasteiger partial charge in [-0.3, -0.25) is 4.98 Å². The third-order valence-corrected chi connectivity index (χ3v) is 6.29. The largest absolute Gasteiger partial charge is 0.345 e. The molecule has 3 rings (SSSR count). The van der Waals surface area contributed by atoms with Crippen molar-refractivity contribution < 1.29 is 4.39 Å². The number of halogens is 1. The number of nitrogens with one attached hydrogen (secondary N) is 1. The van der Waals surface area contributed by atoms with Crippen molar-refractivity contribution in [2.24, 2.45) is 0 Å². The molecule has 1 N–H and O–H groups in total. The third-order valence-electron chi connectivity index (χ3n) is 6.29. The van der Waals surface area contributed by atoms with Gasteiger partial charge in [-0.15, -0.1) is 6.42 Å². The lowest BCUT2D eigenvalue weighted by atomic mass is 10.1. The topological polar surface area (TPSA) is 41.6 Å². The Balaban J connectivity index is 0.00000111. The highest BCUT2D eigenvalue weighted by Crippen LogP contribution is 2.26. The number of benzene rings is 1. The molecule has 334 valence electrons. The van der Waals surface area contributed by atoms with Gasteiger partial charge in [-0.25, -0.2) is 9.37 Å². The molecule has 3 nitrogen and oxygen atoms in total. The first kappa shape index (κ1) is 59.3. The minimum Gasteiger partial charge on any atom is -0.345 e. The first-order chi connectivity index (χ1) is 39.3. The number of aromatic nitrogens is 3. The molecule has 4 heteroatoms. The summed E-state index contributed by atoms with van der Waals surface area (Å²) in [6.45, 7) is 1.69. The predicted octanol–water partition coefficient (Wildman–Crippen LogP) is 3.51. The highest BCUT2D eigenvalue weighted by molar-refractivity contribution is 5.91. The van der Waals surface area contributed by atoms with Crippen LogP contribution in [0, 0.1) is 373 Å². The van der Waals surface area contributed by atoms with Crippen LogP contribution >= 0.6 is 0 Å². The average Bonchev–Trinajstić information content (AvgIpc) is 3.96. The Kier molecular flexibility index (Phi) is 35.4. The molecule has 2 aromatic heterocycles. The van der Waals surface area contributed by atoms with E-state index >= 15 is 0 Å². The highest BCUT2D eigenvalue weighted by Gasteiger charge is 2.06. The Morgan fingerprint density at radius 1 is 0.342 bits per heavy atom. The number of fused-ring (bicyclic) bond motifs is 1. The quantitative estimate of drug-likeness (QED) is 0.380.